The van der Waals surface area contributed by atoms with Crippen LogP contribution >= 0.6 is 0 Å². The van der Waals surface area contributed by atoms with Crippen LogP contribution in [0.2, 0.25) is 0 Å². The van der Waals surface area contributed by atoms with E-state index in [4.69, 9.17) is 0 Å². The first-order valence-corrected chi connectivity index (χ1v) is 5.08. The van der Waals surface area contributed by atoms with Crippen molar-refractivity contribution in [2.75, 3.05) is 0 Å². The minimum absolute atomic E-state index is 0.145. The average molecular weight is 239 g/mol. The molecule has 0 radical (unpaired) electrons. The summed E-state index contributed by atoms with van der Waals surface area (Å²) in [6.07, 6.45) is 0.801. The van der Waals surface area contributed by atoms with Crippen molar-refractivity contribution in [3.63, 3.8) is 0 Å². The first-order valence-electron chi connectivity index (χ1n) is 5.08. The molecule has 1 aromatic heterocycles. The quantitative estimate of drug-likeness (QED) is 0.886. The molecule has 0 bridgehead atoms. The van der Waals surface area contributed by atoms with E-state index in [-0.39, 0.29) is 6.54 Å². The van der Waals surface area contributed by atoms with Gasteiger partial charge in [0, 0.05) is 11.6 Å². The van der Waals surface area contributed by atoms with Gasteiger partial charge in [0.2, 0.25) is 0 Å². The van der Waals surface area contributed by atoms with Crippen LogP contribution in [0.3, 0.4) is 0 Å². The van der Waals surface area contributed by atoms with E-state index in [1.807, 2.05) is 0 Å². The molecule has 1 unspecified atom stereocenters. The van der Waals surface area contributed by atoms with Crippen LogP contribution in [0.5, 0.6) is 0 Å². The fourth-order valence-electron chi connectivity index (χ4n) is 1.41. The van der Waals surface area contributed by atoms with Gasteiger partial charge in [-0.05, 0) is 13.0 Å². The van der Waals surface area contributed by atoms with Crippen LogP contribution in [-0.4, -0.2) is 20.1 Å². The molecule has 1 N–H and O–H groups in total. The highest BCUT2D eigenvalue weighted by Crippen LogP contribution is 2.12. The lowest BCUT2D eigenvalue weighted by atomic mass is 10.2. The number of hydrogen-bond acceptors (Lipinski definition) is 3. The third-order valence-corrected chi connectivity index (χ3v) is 2.33. The van der Waals surface area contributed by atoms with Crippen molar-refractivity contribution in [1.29, 1.82) is 0 Å². The van der Waals surface area contributed by atoms with Crippen molar-refractivity contribution in [2.45, 2.75) is 19.6 Å². The third kappa shape index (κ3) is 2.65. The van der Waals surface area contributed by atoms with Crippen molar-refractivity contribution in [1.82, 2.24) is 15.0 Å². The third-order valence-electron chi connectivity index (χ3n) is 2.33. The highest BCUT2D eigenvalue weighted by Gasteiger charge is 2.09. The molecule has 17 heavy (non-hydrogen) atoms. The van der Waals surface area contributed by atoms with Gasteiger partial charge in [-0.15, -0.1) is 5.10 Å². The molecule has 1 heterocycles. The SMILES string of the molecule is CC(O)c1cn(Cc2ccc(F)cc2F)nn1. The Morgan fingerprint density at radius 1 is 1.41 bits per heavy atom. The van der Waals surface area contributed by atoms with Gasteiger partial charge in [-0.2, -0.15) is 0 Å². The number of halogens is 2. The molecule has 0 amide bonds. The lowest BCUT2D eigenvalue weighted by Crippen LogP contribution is -2.03. The molecule has 0 saturated carbocycles. The Labute approximate surface area is 96.5 Å². The summed E-state index contributed by atoms with van der Waals surface area (Å²) in [6.45, 7) is 1.71. The molecular formula is C11H11F2N3O. The summed E-state index contributed by atoms with van der Waals surface area (Å²) in [4.78, 5) is 0. The molecule has 0 aliphatic carbocycles. The zero-order chi connectivity index (χ0) is 12.4. The fourth-order valence-corrected chi connectivity index (χ4v) is 1.41. The number of nitrogens with zero attached hydrogens (tertiary/aromatic N) is 3. The molecule has 4 nitrogen and oxygen atoms in total. The fraction of sp³-hybridized carbons (Fsp3) is 0.273. The second kappa shape index (κ2) is 4.58. The highest BCUT2D eigenvalue weighted by molar-refractivity contribution is 5.18. The molecule has 1 aromatic carbocycles. The minimum Gasteiger partial charge on any atom is -0.387 e. The molecule has 1 atom stereocenters. The summed E-state index contributed by atoms with van der Waals surface area (Å²) >= 11 is 0. The van der Waals surface area contributed by atoms with E-state index in [0.29, 0.717) is 11.3 Å². The van der Waals surface area contributed by atoms with Crippen molar-refractivity contribution < 1.29 is 13.9 Å². The van der Waals surface area contributed by atoms with Crippen LogP contribution < -0.4 is 0 Å². The van der Waals surface area contributed by atoms with Crippen LogP contribution in [0, 0.1) is 11.6 Å². The lowest BCUT2D eigenvalue weighted by molar-refractivity contribution is 0.194. The predicted molar refractivity (Wildman–Crippen MR) is 56.1 cm³/mol. The molecule has 0 aliphatic heterocycles. The van der Waals surface area contributed by atoms with Gasteiger partial charge in [0.25, 0.3) is 0 Å². The summed E-state index contributed by atoms with van der Waals surface area (Å²) in [7, 11) is 0. The van der Waals surface area contributed by atoms with Crippen LogP contribution in [0.25, 0.3) is 0 Å². The molecule has 2 aromatic rings. The summed E-state index contributed by atoms with van der Waals surface area (Å²) in [5, 5.41) is 16.7. The first kappa shape index (κ1) is 11.7. The maximum Gasteiger partial charge on any atom is 0.131 e. The van der Waals surface area contributed by atoms with E-state index < -0.39 is 17.7 Å². The standard InChI is InChI=1S/C11H11F2N3O/c1-7(17)11-6-16(15-14-11)5-8-2-3-9(12)4-10(8)13/h2-4,6-7,17H,5H2,1H3. The van der Waals surface area contributed by atoms with Crippen LogP contribution in [-0.2, 0) is 6.54 Å². The Kier molecular flexibility index (Phi) is 3.14. The van der Waals surface area contributed by atoms with Crippen molar-refractivity contribution in [2.24, 2.45) is 0 Å². The van der Waals surface area contributed by atoms with Gasteiger partial charge >= 0.3 is 0 Å². The van der Waals surface area contributed by atoms with Crippen LogP contribution in [0.15, 0.2) is 24.4 Å². The van der Waals surface area contributed by atoms with Gasteiger partial charge in [0.15, 0.2) is 0 Å². The average Bonchev–Trinajstić information content (AvgIpc) is 2.71. The number of aliphatic hydroxyl groups is 1. The minimum atomic E-state index is -0.721. The molecular weight excluding hydrogens is 228 g/mol. The Morgan fingerprint density at radius 3 is 2.76 bits per heavy atom. The number of benzene rings is 1. The summed E-state index contributed by atoms with van der Waals surface area (Å²) < 4.78 is 27.4. The molecule has 2 rings (SSSR count). The van der Waals surface area contributed by atoms with Crippen molar-refractivity contribution in [3.05, 3.63) is 47.3 Å². The van der Waals surface area contributed by atoms with Crippen molar-refractivity contribution in [3.8, 4) is 0 Å². The van der Waals surface area contributed by atoms with Gasteiger partial charge in [-0.25, -0.2) is 13.5 Å². The van der Waals surface area contributed by atoms with E-state index in [9.17, 15) is 13.9 Å². The smallest absolute Gasteiger partial charge is 0.131 e. The molecule has 0 fully saturated rings. The van der Waals surface area contributed by atoms with Gasteiger partial charge in [-0.1, -0.05) is 11.3 Å². The molecule has 0 aliphatic rings. The molecule has 90 valence electrons. The second-order valence-corrected chi connectivity index (χ2v) is 3.75. The summed E-state index contributed by atoms with van der Waals surface area (Å²) in [5.41, 5.74) is 0.723. The van der Waals surface area contributed by atoms with Gasteiger partial charge in [-0.3, -0.25) is 0 Å². The Morgan fingerprint density at radius 2 is 2.18 bits per heavy atom. The first-order chi connectivity index (χ1) is 8.06. The zero-order valence-electron chi connectivity index (χ0n) is 9.14. The van der Waals surface area contributed by atoms with E-state index in [0.717, 1.165) is 6.07 Å². The Hall–Kier alpha value is -1.82. The summed E-state index contributed by atoms with van der Waals surface area (Å²) in [6, 6.07) is 3.36. The van der Waals surface area contributed by atoms with E-state index in [1.54, 1.807) is 6.92 Å². The molecule has 0 saturated heterocycles. The number of aromatic nitrogens is 3. The van der Waals surface area contributed by atoms with E-state index >= 15 is 0 Å². The number of hydrogen-bond donors (Lipinski definition) is 1. The monoisotopic (exact) mass is 239 g/mol. The second-order valence-electron chi connectivity index (χ2n) is 3.75. The summed E-state index contributed by atoms with van der Waals surface area (Å²) in [5.74, 6) is -1.24. The molecule has 0 spiro atoms. The maximum absolute atomic E-state index is 13.4. The maximum atomic E-state index is 13.4. The highest BCUT2D eigenvalue weighted by atomic mass is 19.1. The van der Waals surface area contributed by atoms with Crippen LogP contribution in [0.1, 0.15) is 24.3 Å². The van der Waals surface area contributed by atoms with Gasteiger partial charge in [0.05, 0.1) is 18.8 Å². The van der Waals surface area contributed by atoms with E-state index in [2.05, 4.69) is 10.3 Å². The van der Waals surface area contributed by atoms with Crippen molar-refractivity contribution >= 4 is 0 Å². The molecule has 6 heteroatoms. The number of aliphatic hydroxyl groups excluding tert-OH is 1. The van der Waals surface area contributed by atoms with Gasteiger partial charge < -0.3 is 5.11 Å². The number of rotatable bonds is 3. The van der Waals surface area contributed by atoms with Gasteiger partial charge in [0.1, 0.15) is 17.3 Å². The Bertz CT molecular complexity index is 525. The topological polar surface area (TPSA) is 50.9 Å². The normalized spacial score (nSPS) is 12.7. The predicted octanol–water partition coefficient (Wildman–Crippen LogP) is 1.66. The largest absolute Gasteiger partial charge is 0.387 e. The van der Waals surface area contributed by atoms with Crippen LogP contribution in [0.4, 0.5) is 8.78 Å². The lowest BCUT2D eigenvalue weighted by Gasteiger charge is -2.02. The zero-order valence-corrected chi connectivity index (χ0v) is 9.14. The van der Waals surface area contributed by atoms with E-state index in [1.165, 1.54) is 23.0 Å². The Balaban J connectivity index is 2.19.